The third kappa shape index (κ3) is 3.95. The minimum absolute atomic E-state index is 0.0127. The van der Waals surface area contributed by atoms with Crippen molar-refractivity contribution < 1.29 is 26.0 Å². The van der Waals surface area contributed by atoms with Crippen LogP contribution in [-0.2, 0) is 22.4 Å². The summed E-state index contributed by atoms with van der Waals surface area (Å²) >= 11 is 0. The minimum Gasteiger partial charge on any atom is -0.440 e. The van der Waals surface area contributed by atoms with Gasteiger partial charge in [-0.25, -0.2) is 8.42 Å². The number of alkyl halides is 3. The van der Waals surface area contributed by atoms with Crippen LogP contribution in [-0.4, -0.2) is 19.9 Å². The molecule has 3 aromatic rings. The van der Waals surface area contributed by atoms with E-state index in [1.165, 1.54) is 30.3 Å². The van der Waals surface area contributed by atoms with E-state index < -0.39 is 27.5 Å². The Kier molecular flexibility index (Phi) is 5.57. The normalized spacial score (nSPS) is 12.3. The zero-order chi connectivity index (χ0) is 20.4. The summed E-state index contributed by atoms with van der Waals surface area (Å²) in [7, 11) is -4.06. The molecule has 5 nitrogen and oxygen atoms in total. The predicted octanol–water partition coefficient (Wildman–Crippen LogP) is 4.08. The van der Waals surface area contributed by atoms with Crippen LogP contribution in [0, 0.1) is 0 Å². The molecular formula is C19H17F3N2O3S. The van der Waals surface area contributed by atoms with Crippen molar-refractivity contribution in [1.82, 2.24) is 4.98 Å². The molecule has 0 radical (unpaired) electrons. The maximum atomic E-state index is 13.3. The molecule has 0 amide bonds. The second-order valence-electron chi connectivity index (χ2n) is 6.00. The number of nitrogens with two attached hydrogens (primary N) is 1. The summed E-state index contributed by atoms with van der Waals surface area (Å²) in [6.45, 7) is 0.264. The molecule has 0 aliphatic heterocycles. The number of aryl methyl sites for hydroxylation is 1. The van der Waals surface area contributed by atoms with E-state index in [-0.39, 0.29) is 34.2 Å². The largest absolute Gasteiger partial charge is 0.440 e. The molecule has 0 atom stereocenters. The van der Waals surface area contributed by atoms with E-state index in [0.29, 0.717) is 6.42 Å². The molecule has 28 heavy (non-hydrogen) atoms. The zero-order valence-electron chi connectivity index (χ0n) is 14.6. The Balaban J connectivity index is 2.18. The van der Waals surface area contributed by atoms with Gasteiger partial charge in [-0.3, -0.25) is 0 Å². The Morgan fingerprint density at radius 2 is 1.64 bits per heavy atom. The number of halogens is 3. The van der Waals surface area contributed by atoms with Gasteiger partial charge in [-0.1, -0.05) is 30.3 Å². The summed E-state index contributed by atoms with van der Waals surface area (Å²) in [6.07, 6.45) is -4.10. The number of nitrogens with zero attached hydrogens (tertiary/aromatic N) is 1. The molecule has 0 unspecified atom stereocenters. The summed E-state index contributed by atoms with van der Waals surface area (Å²) in [5, 5.41) is -0.390. The molecule has 1 heterocycles. The van der Waals surface area contributed by atoms with Crippen LogP contribution in [0.3, 0.4) is 0 Å². The van der Waals surface area contributed by atoms with Gasteiger partial charge in [-0.15, -0.1) is 0 Å². The van der Waals surface area contributed by atoms with Gasteiger partial charge >= 0.3 is 6.18 Å². The van der Waals surface area contributed by atoms with Crippen LogP contribution in [0.4, 0.5) is 13.2 Å². The quantitative estimate of drug-likeness (QED) is 0.662. The van der Waals surface area contributed by atoms with Crippen molar-refractivity contribution in [3.05, 3.63) is 65.9 Å². The van der Waals surface area contributed by atoms with Crippen LogP contribution in [0.5, 0.6) is 0 Å². The first-order chi connectivity index (χ1) is 13.2. The van der Waals surface area contributed by atoms with Crippen LogP contribution >= 0.6 is 0 Å². The van der Waals surface area contributed by atoms with Crippen molar-refractivity contribution in [2.75, 3.05) is 6.54 Å². The Morgan fingerprint density at radius 3 is 2.29 bits per heavy atom. The second kappa shape index (κ2) is 7.76. The summed E-state index contributed by atoms with van der Waals surface area (Å²) in [4.78, 5) is 3.94. The maximum Gasteiger partial charge on any atom is 0.417 e. The molecular weight excluding hydrogens is 393 g/mol. The zero-order valence-corrected chi connectivity index (χ0v) is 15.4. The summed E-state index contributed by atoms with van der Waals surface area (Å²) in [5.41, 5.74) is 4.21. The van der Waals surface area contributed by atoms with Gasteiger partial charge in [0.15, 0.2) is 0 Å². The first-order valence-electron chi connectivity index (χ1n) is 8.41. The standard InChI is InChI=1S/C19H17F3N2O3S/c20-19(21,22)15-10-5-4-9-14(15)17-24-18(16(27-17)11-6-12-23)28(25,26)13-7-2-1-3-8-13/h1-5,7-10H,6,11-12,23H2. The summed E-state index contributed by atoms with van der Waals surface area (Å²) in [6, 6.07) is 12.3. The molecule has 0 bridgehead atoms. The minimum atomic E-state index is -4.64. The number of hydrogen-bond acceptors (Lipinski definition) is 5. The smallest absolute Gasteiger partial charge is 0.417 e. The van der Waals surface area contributed by atoms with Crippen molar-refractivity contribution >= 4 is 9.84 Å². The molecule has 0 spiro atoms. The van der Waals surface area contributed by atoms with Gasteiger partial charge in [0.1, 0.15) is 5.76 Å². The third-order valence-electron chi connectivity index (χ3n) is 4.04. The number of oxazole rings is 1. The van der Waals surface area contributed by atoms with Crippen molar-refractivity contribution in [3.63, 3.8) is 0 Å². The van der Waals surface area contributed by atoms with Gasteiger partial charge in [0.05, 0.1) is 10.5 Å². The van der Waals surface area contributed by atoms with E-state index in [4.69, 9.17) is 10.2 Å². The second-order valence-corrected chi connectivity index (χ2v) is 7.86. The fraction of sp³-hybridized carbons (Fsp3) is 0.211. The van der Waals surface area contributed by atoms with E-state index in [0.717, 1.165) is 6.07 Å². The highest BCUT2D eigenvalue weighted by Crippen LogP contribution is 2.38. The van der Waals surface area contributed by atoms with E-state index >= 15 is 0 Å². The van der Waals surface area contributed by atoms with Crippen LogP contribution in [0.1, 0.15) is 17.7 Å². The Hall–Kier alpha value is -2.65. The molecule has 0 saturated carbocycles. The highest BCUT2D eigenvalue weighted by Gasteiger charge is 2.36. The molecule has 0 fully saturated rings. The topological polar surface area (TPSA) is 86.2 Å². The average Bonchev–Trinajstić information content (AvgIpc) is 3.11. The molecule has 2 N–H and O–H groups in total. The van der Waals surface area contributed by atoms with E-state index in [9.17, 15) is 21.6 Å². The van der Waals surface area contributed by atoms with Crippen molar-refractivity contribution in [1.29, 1.82) is 0 Å². The number of rotatable bonds is 6. The van der Waals surface area contributed by atoms with Crippen molar-refractivity contribution in [2.24, 2.45) is 5.73 Å². The van der Waals surface area contributed by atoms with Gasteiger partial charge in [0, 0.05) is 12.0 Å². The Labute approximate surface area is 159 Å². The van der Waals surface area contributed by atoms with Crippen LogP contribution in [0.25, 0.3) is 11.5 Å². The highest BCUT2D eigenvalue weighted by atomic mass is 32.2. The van der Waals surface area contributed by atoms with Gasteiger partial charge in [-0.2, -0.15) is 18.2 Å². The number of sulfone groups is 1. The fourth-order valence-corrected chi connectivity index (χ4v) is 4.10. The number of aromatic nitrogens is 1. The molecule has 1 aromatic heterocycles. The van der Waals surface area contributed by atoms with E-state index in [1.54, 1.807) is 18.2 Å². The van der Waals surface area contributed by atoms with Gasteiger partial charge in [0.2, 0.25) is 20.8 Å². The first kappa shape index (κ1) is 20.1. The van der Waals surface area contributed by atoms with Gasteiger partial charge < -0.3 is 10.2 Å². The fourth-order valence-electron chi connectivity index (χ4n) is 2.71. The Morgan fingerprint density at radius 1 is 1.00 bits per heavy atom. The lowest BCUT2D eigenvalue weighted by Gasteiger charge is -2.09. The molecule has 3 rings (SSSR count). The number of benzene rings is 2. The number of hydrogen-bond donors (Lipinski definition) is 1. The van der Waals surface area contributed by atoms with Crippen LogP contribution in [0.15, 0.2) is 68.9 Å². The lowest BCUT2D eigenvalue weighted by Crippen LogP contribution is -2.08. The van der Waals surface area contributed by atoms with E-state index in [1.807, 2.05) is 0 Å². The van der Waals surface area contributed by atoms with Gasteiger partial charge in [0.25, 0.3) is 0 Å². The van der Waals surface area contributed by atoms with E-state index in [2.05, 4.69) is 4.98 Å². The molecule has 0 aliphatic rings. The van der Waals surface area contributed by atoms with Crippen molar-refractivity contribution in [2.45, 2.75) is 28.9 Å². The monoisotopic (exact) mass is 410 g/mol. The molecule has 0 aliphatic carbocycles. The lowest BCUT2D eigenvalue weighted by molar-refractivity contribution is -0.137. The Bertz CT molecular complexity index is 1060. The summed E-state index contributed by atoms with van der Waals surface area (Å²) < 4.78 is 71.5. The highest BCUT2D eigenvalue weighted by molar-refractivity contribution is 7.91. The first-order valence-corrected chi connectivity index (χ1v) is 9.90. The maximum absolute atomic E-state index is 13.3. The molecule has 148 valence electrons. The van der Waals surface area contributed by atoms with Crippen LogP contribution < -0.4 is 5.73 Å². The van der Waals surface area contributed by atoms with Crippen molar-refractivity contribution in [3.8, 4) is 11.5 Å². The average molecular weight is 410 g/mol. The molecule has 9 heteroatoms. The van der Waals surface area contributed by atoms with Gasteiger partial charge in [-0.05, 0) is 37.2 Å². The summed E-state index contributed by atoms with van der Waals surface area (Å²) in [5.74, 6) is -0.407. The SMILES string of the molecule is NCCCc1oc(-c2ccccc2C(F)(F)F)nc1S(=O)(=O)c1ccccc1. The third-order valence-corrected chi connectivity index (χ3v) is 5.76. The molecule has 2 aromatic carbocycles. The molecule has 0 saturated heterocycles. The lowest BCUT2D eigenvalue weighted by atomic mass is 10.1. The van der Waals surface area contributed by atoms with Crippen LogP contribution in [0.2, 0.25) is 0 Å². The predicted molar refractivity (Wildman–Crippen MR) is 96.2 cm³/mol.